The summed E-state index contributed by atoms with van der Waals surface area (Å²) >= 11 is 11.9. The van der Waals surface area contributed by atoms with Crippen LogP contribution in [0.3, 0.4) is 0 Å². The molecule has 0 unspecified atom stereocenters. The first-order chi connectivity index (χ1) is 10.1. The number of hydrogen-bond acceptors (Lipinski definition) is 5. The minimum atomic E-state index is -0.150. The van der Waals surface area contributed by atoms with Gasteiger partial charge in [-0.2, -0.15) is 0 Å². The Bertz CT molecular complexity index is 651. The third kappa shape index (κ3) is 4.42. The van der Waals surface area contributed by atoms with Crippen LogP contribution in [0.4, 0.5) is 5.82 Å². The fourth-order valence-corrected chi connectivity index (χ4v) is 1.93. The van der Waals surface area contributed by atoms with Crippen molar-refractivity contribution in [2.24, 2.45) is 0 Å². The molecule has 6 nitrogen and oxygen atoms in total. The normalized spacial score (nSPS) is 10.6. The Kier molecular flexibility index (Phi) is 5.55. The summed E-state index contributed by atoms with van der Waals surface area (Å²) in [6.07, 6.45) is 1.54. The summed E-state index contributed by atoms with van der Waals surface area (Å²) in [4.78, 5) is 20.1. The smallest absolute Gasteiger partial charge is 0.239 e. The van der Waals surface area contributed by atoms with Gasteiger partial charge >= 0.3 is 0 Å². The van der Waals surface area contributed by atoms with Crippen molar-refractivity contribution >= 4 is 46.0 Å². The van der Waals surface area contributed by atoms with E-state index in [1.807, 2.05) is 0 Å². The lowest BCUT2D eigenvalue weighted by Crippen LogP contribution is -2.32. The van der Waals surface area contributed by atoms with Crippen molar-refractivity contribution in [3.8, 4) is 0 Å². The number of rotatable bonds is 6. The molecule has 0 bridgehead atoms. The number of aromatic nitrogens is 2. The molecule has 8 heteroatoms. The topological polar surface area (TPSA) is 76.1 Å². The molecular weight excluding hydrogens is 315 g/mol. The highest BCUT2D eigenvalue weighted by Crippen LogP contribution is 2.26. The fourth-order valence-electron chi connectivity index (χ4n) is 1.62. The van der Waals surface area contributed by atoms with Gasteiger partial charge in [0.05, 0.1) is 40.4 Å². The molecule has 0 aliphatic heterocycles. The third-order valence-electron chi connectivity index (χ3n) is 2.64. The summed E-state index contributed by atoms with van der Waals surface area (Å²) in [6.45, 7) is 1.04. The number of benzene rings is 1. The van der Waals surface area contributed by atoms with Gasteiger partial charge in [-0.25, -0.2) is 4.98 Å². The summed E-state index contributed by atoms with van der Waals surface area (Å²) < 4.78 is 4.84. The summed E-state index contributed by atoms with van der Waals surface area (Å²) in [6, 6.07) is 3.28. The zero-order valence-corrected chi connectivity index (χ0v) is 12.8. The van der Waals surface area contributed by atoms with Gasteiger partial charge in [0.2, 0.25) is 5.91 Å². The van der Waals surface area contributed by atoms with E-state index in [0.717, 1.165) is 0 Å². The van der Waals surface area contributed by atoms with E-state index in [4.69, 9.17) is 27.9 Å². The fraction of sp³-hybridized carbons (Fsp3) is 0.308. The number of carbonyl (C=O) groups is 1. The monoisotopic (exact) mass is 328 g/mol. The number of nitrogens with zero attached hydrogens (tertiary/aromatic N) is 2. The molecule has 0 saturated carbocycles. The van der Waals surface area contributed by atoms with Crippen LogP contribution in [0.15, 0.2) is 18.3 Å². The molecule has 0 saturated heterocycles. The van der Waals surface area contributed by atoms with Crippen LogP contribution in [0.25, 0.3) is 11.0 Å². The van der Waals surface area contributed by atoms with Crippen molar-refractivity contribution in [3.63, 3.8) is 0 Å². The molecule has 21 heavy (non-hydrogen) atoms. The minimum absolute atomic E-state index is 0.102. The van der Waals surface area contributed by atoms with Crippen LogP contribution < -0.4 is 10.6 Å². The van der Waals surface area contributed by atoms with Gasteiger partial charge in [-0.3, -0.25) is 9.78 Å². The van der Waals surface area contributed by atoms with E-state index in [2.05, 4.69) is 20.6 Å². The second-order valence-electron chi connectivity index (χ2n) is 4.21. The molecule has 2 aromatic rings. The molecule has 1 aromatic carbocycles. The number of carbonyl (C=O) groups excluding carboxylic acids is 1. The highest BCUT2D eigenvalue weighted by Gasteiger charge is 2.06. The number of methoxy groups -OCH3 is 1. The predicted molar refractivity (Wildman–Crippen MR) is 82.9 cm³/mol. The number of hydrogen-bond donors (Lipinski definition) is 2. The third-order valence-corrected chi connectivity index (χ3v) is 3.36. The van der Waals surface area contributed by atoms with Crippen LogP contribution in [0, 0.1) is 0 Å². The molecule has 0 aliphatic carbocycles. The van der Waals surface area contributed by atoms with Gasteiger partial charge in [0.25, 0.3) is 0 Å². The molecule has 2 rings (SSSR count). The van der Waals surface area contributed by atoms with E-state index in [-0.39, 0.29) is 12.5 Å². The minimum Gasteiger partial charge on any atom is -0.383 e. The lowest BCUT2D eigenvalue weighted by atomic mass is 10.3. The van der Waals surface area contributed by atoms with Gasteiger partial charge in [-0.05, 0) is 12.1 Å². The maximum Gasteiger partial charge on any atom is 0.239 e. The van der Waals surface area contributed by atoms with Crippen LogP contribution in [0.1, 0.15) is 0 Å². The maximum atomic E-state index is 11.5. The average molecular weight is 329 g/mol. The van der Waals surface area contributed by atoms with Crippen molar-refractivity contribution in [2.45, 2.75) is 0 Å². The van der Waals surface area contributed by atoms with Crippen molar-refractivity contribution < 1.29 is 9.53 Å². The van der Waals surface area contributed by atoms with E-state index in [9.17, 15) is 4.79 Å². The van der Waals surface area contributed by atoms with Crippen LogP contribution in [0.5, 0.6) is 0 Å². The first-order valence-electron chi connectivity index (χ1n) is 6.21. The molecule has 2 N–H and O–H groups in total. The molecule has 1 aromatic heterocycles. The second kappa shape index (κ2) is 7.40. The Labute approximate surface area is 131 Å². The Morgan fingerprint density at radius 2 is 2.00 bits per heavy atom. The number of ether oxygens (including phenoxy) is 1. The van der Waals surface area contributed by atoms with Gasteiger partial charge < -0.3 is 15.4 Å². The van der Waals surface area contributed by atoms with E-state index < -0.39 is 0 Å². The molecular formula is C13H14Cl2N4O2. The van der Waals surface area contributed by atoms with Crippen molar-refractivity contribution in [1.29, 1.82) is 0 Å². The summed E-state index contributed by atoms with van der Waals surface area (Å²) in [5, 5.41) is 6.43. The number of anilines is 1. The highest BCUT2D eigenvalue weighted by molar-refractivity contribution is 6.42. The first-order valence-corrected chi connectivity index (χ1v) is 6.97. The Hall–Kier alpha value is -1.63. The number of nitrogens with one attached hydrogen (secondary N) is 2. The van der Waals surface area contributed by atoms with Gasteiger partial charge in [0.1, 0.15) is 5.82 Å². The largest absolute Gasteiger partial charge is 0.383 e. The van der Waals surface area contributed by atoms with Crippen LogP contribution >= 0.6 is 23.2 Å². The lowest BCUT2D eigenvalue weighted by molar-refractivity contribution is -0.119. The zero-order valence-electron chi connectivity index (χ0n) is 11.3. The van der Waals surface area contributed by atoms with Crippen LogP contribution in [-0.4, -0.2) is 42.7 Å². The molecule has 0 atom stereocenters. The first kappa shape index (κ1) is 15.8. The average Bonchev–Trinajstić information content (AvgIpc) is 2.46. The summed E-state index contributed by atoms with van der Waals surface area (Å²) in [7, 11) is 1.58. The molecule has 0 fully saturated rings. The SMILES string of the molecule is COCCNC(=O)CNc1cnc2cc(Cl)c(Cl)cc2n1. The highest BCUT2D eigenvalue weighted by atomic mass is 35.5. The Morgan fingerprint density at radius 1 is 1.29 bits per heavy atom. The van der Waals surface area contributed by atoms with E-state index >= 15 is 0 Å². The number of halogens is 2. The standard InChI is InChI=1S/C13H14Cl2N4O2/c1-21-3-2-16-13(20)7-18-12-6-17-10-4-8(14)9(15)5-11(10)19-12/h4-6H,2-3,7H2,1H3,(H,16,20)(H,18,19). The second-order valence-corrected chi connectivity index (χ2v) is 5.02. The molecule has 1 amide bonds. The summed E-state index contributed by atoms with van der Waals surface area (Å²) in [5.74, 6) is 0.339. The van der Waals surface area contributed by atoms with Crippen molar-refractivity contribution in [2.75, 3.05) is 32.1 Å². The van der Waals surface area contributed by atoms with Gasteiger partial charge in [0.15, 0.2) is 0 Å². The van der Waals surface area contributed by atoms with E-state index in [1.165, 1.54) is 6.20 Å². The summed E-state index contributed by atoms with van der Waals surface area (Å²) in [5.41, 5.74) is 1.24. The molecule has 0 spiro atoms. The Balaban J connectivity index is 1.99. The van der Waals surface area contributed by atoms with E-state index in [0.29, 0.717) is 40.0 Å². The number of fused-ring (bicyclic) bond motifs is 1. The lowest BCUT2D eigenvalue weighted by Gasteiger charge is -2.07. The van der Waals surface area contributed by atoms with Gasteiger partial charge in [-0.1, -0.05) is 23.2 Å². The maximum absolute atomic E-state index is 11.5. The number of amides is 1. The molecule has 1 heterocycles. The van der Waals surface area contributed by atoms with Crippen molar-refractivity contribution in [3.05, 3.63) is 28.4 Å². The zero-order chi connectivity index (χ0) is 15.2. The quantitative estimate of drug-likeness (QED) is 0.794. The molecule has 0 aliphatic rings. The van der Waals surface area contributed by atoms with Gasteiger partial charge in [-0.15, -0.1) is 0 Å². The van der Waals surface area contributed by atoms with E-state index in [1.54, 1.807) is 19.2 Å². The Morgan fingerprint density at radius 3 is 2.71 bits per heavy atom. The van der Waals surface area contributed by atoms with Gasteiger partial charge in [0, 0.05) is 13.7 Å². The van der Waals surface area contributed by atoms with Crippen LogP contribution in [0.2, 0.25) is 10.0 Å². The molecule has 112 valence electrons. The van der Waals surface area contributed by atoms with Crippen LogP contribution in [-0.2, 0) is 9.53 Å². The van der Waals surface area contributed by atoms with Crippen molar-refractivity contribution in [1.82, 2.24) is 15.3 Å². The predicted octanol–water partition coefficient (Wildman–Crippen LogP) is 2.11. The molecule has 0 radical (unpaired) electrons.